The van der Waals surface area contributed by atoms with Gasteiger partial charge in [0.2, 0.25) is 5.91 Å². The van der Waals surface area contributed by atoms with Gasteiger partial charge in [-0.25, -0.2) is 0 Å². The van der Waals surface area contributed by atoms with Crippen molar-refractivity contribution in [3.63, 3.8) is 0 Å². The Balaban J connectivity index is 0.00000180. The van der Waals surface area contributed by atoms with Crippen molar-refractivity contribution in [1.29, 1.82) is 0 Å². The first-order valence-corrected chi connectivity index (χ1v) is 7.34. The van der Waals surface area contributed by atoms with Crippen molar-refractivity contribution in [1.82, 2.24) is 15.5 Å². The summed E-state index contributed by atoms with van der Waals surface area (Å²) in [6.45, 7) is 9.13. The van der Waals surface area contributed by atoms with Crippen molar-refractivity contribution in [2.24, 2.45) is 5.92 Å². The molecule has 0 aromatic heterocycles. The molecule has 0 aromatic rings. The van der Waals surface area contributed by atoms with Crippen molar-refractivity contribution in [3.8, 4) is 0 Å². The van der Waals surface area contributed by atoms with Gasteiger partial charge in [0.05, 0.1) is 6.04 Å². The first-order chi connectivity index (χ1) is 8.56. The number of hydrogen-bond donors (Lipinski definition) is 2. The van der Waals surface area contributed by atoms with Crippen LogP contribution in [-0.4, -0.2) is 48.6 Å². The summed E-state index contributed by atoms with van der Waals surface area (Å²) >= 11 is 0. The maximum Gasteiger partial charge on any atom is 0.237 e. The quantitative estimate of drug-likeness (QED) is 0.822. The van der Waals surface area contributed by atoms with Gasteiger partial charge in [-0.2, -0.15) is 0 Å². The van der Waals surface area contributed by atoms with Gasteiger partial charge >= 0.3 is 0 Å². The zero-order chi connectivity index (χ0) is 13.1. The third-order valence-corrected chi connectivity index (χ3v) is 4.17. The lowest BCUT2D eigenvalue weighted by Gasteiger charge is -2.29. The summed E-state index contributed by atoms with van der Waals surface area (Å²) in [6, 6.07) is 1.29. The zero-order valence-electron chi connectivity index (χ0n) is 12.3. The molecule has 2 saturated heterocycles. The SMILES string of the molecule is CC(C)CNC(=O)C(C)N1CCC2CCC(C1)N2.Cl. The number of carbonyl (C=O) groups is 1. The number of halogens is 1. The maximum atomic E-state index is 12.1. The van der Waals surface area contributed by atoms with Gasteiger partial charge in [0, 0.05) is 31.7 Å². The third kappa shape index (κ3) is 4.62. The molecule has 2 N–H and O–H groups in total. The number of fused-ring (bicyclic) bond motifs is 2. The minimum atomic E-state index is 0. The van der Waals surface area contributed by atoms with Gasteiger partial charge in [-0.1, -0.05) is 13.8 Å². The normalized spacial score (nSPS) is 28.6. The Morgan fingerprint density at radius 1 is 1.26 bits per heavy atom. The van der Waals surface area contributed by atoms with Crippen molar-refractivity contribution in [2.45, 2.75) is 58.2 Å². The van der Waals surface area contributed by atoms with E-state index in [4.69, 9.17) is 0 Å². The highest BCUT2D eigenvalue weighted by atomic mass is 35.5. The number of nitrogens with zero attached hydrogens (tertiary/aromatic N) is 1. The molecule has 2 bridgehead atoms. The van der Waals surface area contributed by atoms with Gasteiger partial charge in [0.1, 0.15) is 0 Å². The standard InChI is InChI=1S/C14H27N3O.ClH/c1-10(2)8-15-14(18)11(3)17-7-6-12-4-5-13(9-17)16-12;/h10-13,16H,4-9H2,1-3H3,(H,15,18);1H. The molecule has 0 saturated carbocycles. The van der Waals surface area contributed by atoms with Crippen LogP contribution in [-0.2, 0) is 4.79 Å². The molecule has 19 heavy (non-hydrogen) atoms. The summed E-state index contributed by atoms with van der Waals surface area (Å²) in [5, 5.41) is 6.70. The summed E-state index contributed by atoms with van der Waals surface area (Å²) in [7, 11) is 0. The highest BCUT2D eigenvalue weighted by molar-refractivity contribution is 5.85. The lowest BCUT2D eigenvalue weighted by Crippen LogP contribution is -2.48. The monoisotopic (exact) mass is 289 g/mol. The van der Waals surface area contributed by atoms with Crippen LogP contribution in [0.1, 0.15) is 40.0 Å². The van der Waals surface area contributed by atoms with E-state index in [2.05, 4.69) is 29.4 Å². The van der Waals surface area contributed by atoms with E-state index in [1.54, 1.807) is 0 Å². The van der Waals surface area contributed by atoms with E-state index < -0.39 is 0 Å². The van der Waals surface area contributed by atoms with Crippen molar-refractivity contribution in [3.05, 3.63) is 0 Å². The number of likely N-dealkylation sites (tertiary alicyclic amines) is 1. The fourth-order valence-corrected chi connectivity index (χ4v) is 2.94. The summed E-state index contributed by atoms with van der Waals surface area (Å²) in [5.41, 5.74) is 0. The van der Waals surface area contributed by atoms with Crippen LogP contribution < -0.4 is 10.6 Å². The molecule has 4 nitrogen and oxygen atoms in total. The minimum Gasteiger partial charge on any atom is -0.354 e. The van der Waals surface area contributed by atoms with Crippen LogP contribution >= 0.6 is 12.4 Å². The average Bonchev–Trinajstić information content (AvgIpc) is 2.65. The molecule has 2 aliphatic heterocycles. The Morgan fingerprint density at radius 3 is 2.63 bits per heavy atom. The van der Waals surface area contributed by atoms with Crippen molar-refractivity contribution >= 4 is 18.3 Å². The zero-order valence-corrected chi connectivity index (χ0v) is 13.1. The molecule has 2 aliphatic rings. The Hall–Kier alpha value is -0.320. The van der Waals surface area contributed by atoms with Gasteiger partial charge in [-0.05, 0) is 32.1 Å². The van der Waals surface area contributed by atoms with E-state index in [-0.39, 0.29) is 24.4 Å². The van der Waals surface area contributed by atoms with Crippen LogP contribution in [0.5, 0.6) is 0 Å². The van der Waals surface area contributed by atoms with Gasteiger partial charge in [0.15, 0.2) is 0 Å². The predicted octanol–water partition coefficient (Wildman–Crippen LogP) is 1.40. The van der Waals surface area contributed by atoms with Gasteiger partial charge in [-0.3, -0.25) is 9.69 Å². The molecule has 2 heterocycles. The molecular formula is C14H28ClN3O. The Bertz CT molecular complexity index is 298. The fourth-order valence-electron chi connectivity index (χ4n) is 2.94. The van der Waals surface area contributed by atoms with Crippen LogP contribution in [0.15, 0.2) is 0 Å². The molecule has 5 heteroatoms. The number of rotatable bonds is 4. The lowest BCUT2D eigenvalue weighted by atomic mass is 10.1. The van der Waals surface area contributed by atoms with Gasteiger partial charge in [-0.15, -0.1) is 12.4 Å². The average molecular weight is 290 g/mol. The van der Waals surface area contributed by atoms with Crippen LogP contribution in [0.3, 0.4) is 0 Å². The molecule has 0 aliphatic carbocycles. The summed E-state index contributed by atoms with van der Waals surface area (Å²) in [6.07, 6.45) is 3.76. The number of hydrogen-bond acceptors (Lipinski definition) is 3. The van der Waals surface area contributed by atoms with E-state index in [9.17, 15) is 4.79 Å². The van der Waals surface area contributed by atoms with Crippen molar-refractivity contribution < 1.29 is 4.79 Å². The molecule has 112 valence electrons. The highest BCUT2D eigenvalue weighted by Gasteiger charge is 2.32. The summed E-state index contributed by atoms with van der Waals surface area (Å²) < 4.78 is 0. The van der Waals surface area contributed by atoms with Gasteiger partial charge in [0.25, 0.3) is 0 Å². The van der Waals surface area contributed by atoms with Gasteiger partial charge < -0.3 is 10.6 Å². The second-order valence-corrected chi connectivity index (χ2v) is 6.24. The second kappa shape index (κ2) is 7.46. The Labute approximate surface area is 123 Å². The number of carbonyl (C=O) groups excluding carboxylic acids is 1. The first-order valence-electron chi connectivity index (χ1n) is 7.34. The molecule has 3 unspecified atom stereocenters. The summed E-state index contributed by atoms with van der Waals surface area (Å²) in [5.74, 6) is 0.699. The molecular weight excluding hydrogens is 262 g/mol. The molecule has 0 spiro atoms. The first kappa shape index (κ1) is 16.7. The van der Waals surface area contributed by atoms with E-state index in [0.29, 0.717) is 18.0 Å². The maximum absolute atomic E-state index is 12.1. The molecule has 0 radical (unpaired) electrons. The fraction of sp³-hybridized carbons (Fsp3) is 0.929. The molecule has 3 atom stereocenters. The predicted molar refractivity (Wildman–Crippen MR) is 80.7 cm³/mol. The van der Waals surface area contributed by atoms with E-state index in [1.807, 2.05) is 6.92 Å². The number of amides is 1. The lowest BCUT2D eigenvalue weighted by molar-refractivity contribution is -0.126. The third-order valence-electron chi connectivity index (χ3n) is 4.17. The van der Waals surface area contributed by atoms with E-state index in [0.717, 1.165) is 19.6 Å². The van der Waals surface area contributed by atoms with Crippen LogP contribution in [0.25, 0.3) is 0 Å². The van der Waals surface area contributed by atoms with E-state index in [1.165, 1.54) is 19.3 Å². The highest BCUT2D eigenvalue weighted by Crippen LogP contribution is 2.21. The second-order valence-electron chi connectivity index (χ2n) is 6.24. The summed E-state index contributed by atoms with van der Waals surface area (Å²) in [4.78, 5) is 14.4. The van der Waals surface area contributed by atoms with Crippen LogP contribution in [0.2, 0.25) is 0 Å². The molecule has 1 amide bonds. The molecule has 0 aromatic carbocycles. The molecule has 2 fully saturated rings. The smallest absolute Gasteiger partial charge is 0.237 e. The minimum absolute atomic E-state index is 0. The number of nitrogens with one attached hydrogen (secondary N) is 2. The largest absolute Gasteiger partial charge is 0.354 e. The Kier molecular flexibility index (Phi) is 6.57. The topological polar surface area (TPSA) is 44.4 Å². The Morgan fingerprint density at radius 2 is 1.95 bits per heavy atom. The van der Waals surface area contributed by atoms with Crippen LogP contribution in [0, 0.1) is 5.92 Å². The van der Waals surface area contributed by atoms with E-state index >= 15 is 0 Å². The van der Waals surface area contributed by atoms with Crippen molar-refractivity contribution in [2.75, 3.05) is 19.6 Å². The molecule has 2 rings (SSSR count). The van der Waals surface area contributed by atoms with Crippen LogP contribution in [0.4, 0.5) is 0 Å².